The average molecular weight is 703 g/mol. The molecule has 0 saturated carbocycles. The molecule has 52 heavy (non-hydrogen) atoms. The number of pyridine rings is 1. The molecule has 268 valence electrons. The fourth-order valence-corrected chi connectivity index (χ4v) is 7.42. The lowest BCUT2D eigenvalue weighted by molar-refractivity contribution is -0.144. The van der Waals surface area contributed by atoms with Gasteiger partial charge in [-0.3, -0.25) is 14.6 Å². The number of benzene rings is 2. The van der Waals surface area contributed by atoms with Crippen molar-refractivity contribution in [1.82, 2.24) is 39.7 Å². The summed E-state index contributed by atoms with van der Waals surface area (Å²) in [5.74, 6) is -0.532. The second-order valence-corrected chi connectivity index (χ2v) is 14.8. The van der Waals surface area contributed by atoms with Crippen molar-refractivity contribution >= 4 is 22.7 Å². The molecule has 0 spiro atoms. The maximum Gasteiger partial charge on any atom is 0.308 e. The second-order valence-electron chi connectivity index (χ2n) is 14.8. The van der Waals surface area contributed by atoms with Crippen LogP contribution >= 0.6 is 0 Å². The first-order valence-corrected chi connectivity index (χ1v) is 17.7. The quantitative estimate of drug-likeness (QED) is 0.197. The maximum absolute atomic E-state index is 16.0. The van der Waals surface area contributed by atoms with E-state index in [1.54, 1.807) is 33.9 Å². The molecular weight excluding hydrogens is 659 g/mol. The van der Waals surface area contributed by atoms with Gasteiger partial charge in [-0.15, -0.1) is 5.10 Å². The summed E-state index contributed by atoms with van der Waals surface area (Å²) >= 11 is 0. The first-order chi connectivity index (χ1) is 24.9. The van der Waals surface area contributed by atoms with E-state index in [1.807, 2.05) is 38.4 Å². The molecule has 0 fully saturated rings. The van der Waals surface area contributed by atoms with E-state index in [2.05, 4.69) is 53.2 Å². The Labute approximate surface area is 301 Å². The molecule has 0 unspecified atom stereocenters. The van der Waals surface area contributed by atoms with Crippen LogP contribution in [0.2, 0.25) is 0 Å². The minimum absolute atomic E-state index is 0.0221. The number of H-pyrrole nitrogens is 1. The number of ether oxygens (including phenoxy) is 1. The zero-order valence-corrected chi connectivity index (χ0v) is 30.4. The van der Waals surface area contributed by atoms with Gasteiger partial charge in [-0.1, -0.05) is 63.1 Å². The number of nitrogens with zero attached hydrogens (tertiary/aromatic N) is 7. The number of aromatic nitrogens is 8. The number of halogens is 1. The van der Waals surface area contributed by atoms with Gasteiger partial charge in [0.1, 0.15) is 11.5 Å². The first kappa shape index (κ1) is 34.9. The van der Waals surface area contributed by atoms with Crippen LogP contribution in [0.5, 0.6) is 0 Å². The van der Waals surface area contributed by atoms with Crippen LogP contribution in [-0.4, -0.2) is 58.6 Å². The molecule has 0 radical (unpaired) electrons. The number of nitrogens with one attached hydrogen (secondary N) is 1. The van der Waals surface area contributed by atoms with E-state index in [-0.39, 0.29) is 35.0 Å². The molecular formula is C40H43FN8O3. The monoisotopic (exact) mass is 702 g/mol. The molecule has 0 saturated heterocycles. The van der Waals surface area contributed by atoms with Crippen molar-refractivity contribution < 1.29 is 18.7 Å². The Morgan fingerprint density at radius 3 is 2.71 bits per heavy atom. The minimum atomic E-state index is -0.625. The number of hydrogen-bond acceptors (Lipinski definition) is 8. The van der Waals surface area contributed by atoms with E-state index in [1.165, 1.54) is 13.2 Å². The third-order valence-electron chi connectivity index (χ3n) is 10.6. The number of aromatic amines is 1. The maximum atomic E-state index is 16.0. The first-order valence-electron chi connectivity index (χ1n) is 17.7. The normalized spacial score (nSPS) is 18.2. The van der Waals surface area contributed by atoms with E-state index in [0.29, 0.717) is 34.8 Å². The zero-order chi connectivity index (χ0) is 36.8. The smallest absolute Gasteiger partial charge is 0.308 e. The molecule has 2 aromatic carbocycles. The fraction of sp³-hybridized carbons (Fsp3) is 0.375. The summed E-state index contributed by atoms with van der Waals surface area (Å²) in [6, 6.07) is 14.7. The number of carbonyl (C=O) groups excluding carboxylic acids is 2. The van der Waals surface area contributed by atoms with Crippen molar-refractivity contribution in [2.24, 2.45) is 13.0 Å². The molecule has 6 bridgehead atoms. The number of hydrogen-bond donors (Lipinski definition) is 1. The summed E-state index contributed by atoms with van der Waals surface area (Å²) in [5, 5.41) is 14.7. The van der Waals surface area contributed by atoms with Gasteiger partial charge in [0.2, 0.25) is 0 Å². The molecule has 7 rings (SSSR count). The molecule has 0 aliphatic carbocycles. The van der Waals surface area contributed by atoms with E-state index in [4.69, 9.17) is 14.8 Å². The second kappa shape index (κ2) is 13.6. The summed E-state index contributed by atoms with van der Waals surface area (Å²) in [7, 11) is 3.22. The predicted octanol–water partition coefficient (Wildman–Crippen LogP) is 6.88. The number of methoxy groups -OCH3 is 1. The van der Waals surface area contributed by atoms with E-state index in [9.17, 15) is 9.59 Å². The lowest BCUT2D eigenvalue weighted by atomic mass is 9.75. The Kier molecular flexibility index (Phi) is 9.10. The van der Waals surface area contributed by atoms with Gasteiger partial charge in [0, 0.05) is 47.5 Å². The molecule has 0 amide bonds. The molecule has 12 heteroatoms. The van der Waals surface area contributed by atoms with Gasteiger partial charge in [-0.25, -0.2) is 18.7 Å². The van der Waals surface area contributed by atoms with E-state index in [0.717, 1.165) is 47.9 Å². The summed E-state index contributed by atoms with van der Waals surface area (Å²) in [6.07, 6.45) is 9.11. The lowest BCUT2D eigenvalue weighted by Gasteiger charge is -2.29. The molecule has 5 heterocycles. The largest absolute Gasteiger partial charge is 0.469 e. The molecule has 1 aliphatic rings. The van der Waals surface area contributed by atoms with Gasteiger partial charge in [0.15, 0.2) is 17.4 Å². The molecule has 2 atom stereocenters. The van der Waals surface area contributed by atoms with Crippen LogP contribution in [0.25, 0.3) is 22.4 Å². The highest BCUT2D eigenvalue weighted by atomic mass is 19.1. The number of rotatable bonds is 4. The Morgan fingerprint density at radius 2 is 1.90 bits per heavy atom. The topological polar surface area (TPSA) is 133 Å². The van der Waals surface area contributed by atoms with E-state index < -0.39 is 17.0 Å². The summed E-state index contributed by atoms with van der Waals surface area (Å²) in [4.78, 5) is 39.3. The van der Waals surface area contributed by atoms with Crippen molar-refractivity contribution in [3.8, 4) is 11.5 Å². The van der Waals surface area contributed by atoms with Gasteiger partial charge < -0.3 is 9.72 Å². The predicted molar refractivity (Wildman–Crippen MR) is 194 cm³/mol. The highest BCUT2D eigenvalue weighted by Gasteiger charge is 2.35. The Bertz CT molecular complexity index is 2300. The SMILES string of the molecule is COC(=O)[C@H](C)Cc1cccc([C@@]2(C)CCCCC(C)(C)c3cn(nn3)Cc3c(c(F)cc4[nH]ccc34)C(=O)c3ccnc(c3)-c3nc2nn3C)c1. The number of esters is 1. The number of ketones is 1. The fourth-order valence-electron chi connectivity index (χ4n) is 7.42. The molecule has 11 nitrogen and oxygen atoms in total. The number of aryl methyl sites for hydroxylation is 1. The van der Waals surface area contributed by atoms with Gasteiger partial charge in [0.05, 0.1) is 36.2 Å². The van der Waals surface area contributed by atoms with Crippen molar-refractivity contribution in [2.45, 2.75) is 77.2 Å². The number of carbonyl (C=O) groups is 2. The zero-order valence-electron chi connectivity index (χ0n) is 30.4. The van der Waals surface area contributed by atoms with E-state index >= 15 is 4.39 Å². The van der Waals surface area contributed by atoms with Crippen molar-refractivity contribution in [1.29, 1.82) is 0 Å². The Morgan fingerprint density at radius 1 is 1.10 bits per heavy atom. The van der Waals surface area contributed by atoms with Gasteiger partial charge in [0.25, 0.3) is 0 Å². The van der Waals surface area contributed by atoms with Gasteiger partial charge in [-0.05, 0) is 67.1 Å². The van der Waals surface area contributed by atoms with Crippen molar-refractivity contribution in [2.75, 3.05) is 7.11 Å². The lowest BCUT2D eigenvalue weighted by Crippen LogP contribution is -2.26. The van der Waals surface area contributed by atoms with Crippen LogP contribution in [0.1, 0.15) is 97.5 Å². The molecule has 1 N–H and O–H groups in total. The summed E-state index contributed by atoms with van der Waals surface area (Å²) in [5.41, 5.74) is 3.79. The summed E-state index contributed by atoms with van der Waals surface area (Å²) in [6.45, 7) is 8.50. The van der Waals surface area contributed by atoms with Crippen LogP contribution in [0, 0.1) is 11.7 Å². The van der Waals surface area contributed by atoms with Crippen LogP contribution in [0.15, 0.2) is 67.1 Å². The standard InChI is InChI=1S/C40H43FN8O3/c1-24(37(51)52-6)18-25-10-9-11-27(19-25)40(4)15-8-7-14-39(2,3)33-23-49(47-45-33)22-29-28-13-17-42-31(28)21-30(41)34(29)35(50)26-12-16-43-32(20-26)36-44-38(40)46-48(36)5/h9-13,16-17,19-21,23-24,42H,7-8,14-15,18,22H2,1-6H3/t24-,40-/m1/s1. The number of fused-ring (bicyclic) bond motifs is 10. The average Bonchev–Trinajstić information content (AvgIpc) is 3.90. The van der Waals surface area contributed by atoms with Gasteiger partial charge in [-0.2, -0.15) is 5.10 Å². The van der Waals surface area contributed by atoms with Crippen LogP contribution < -0.4 is 0 Å². The minimum Gasteiger partial charge on any atom is -0.469 e. The molecule has 1 aliphatic heterocycles. The molecule has 6 aromatic rings. The Balaban J connectivity index is 1.36. The van der Waals surface area contributed by atoms with Crippen molar-refractivity contribution in [3.05, 3.63) is 112 Å². The van der Waals surface area contributed by atoms with Crippen molar-refractivity contribution in [3.63, 3.8) is 0 Å². The summed E-state index contributed by atoms with van der Waals surface area (Å²) < 4.78 is 24.3. The highest BCUT2D eigenvalue weighted by molar-refractivity contribution is 6.12. The van der Waals surface area contributed by atoms with Crippen LogP contribution in [0.4, 0.5) is 4.39 Å². The highest BCUT2D eigenvalue weighted by Crippen LogP contribution is 2.38. The molecule has 4 aromatic heterocycles. The third kappa shape index (κ3) is 6.42. The third-order valence-corrected chi connectivity index (χ3v) is 10.6. The van der Waals surface area contributed by atoms with Gasteiger partial charge >= 0.3 is 5.97 Å². The Hall–Kier alpha value is -5.52. The van der Waals surface area contributed by atoms with Crippen LogP contribution in [-0.2, 0) is 40.4 Å². The van der Waals surface area contributed by atoms with Crippen LogP contribution in [0.3, 0.4) is 0 Å².